The number of amides is 1. The molecule has 0 fully saturated rings. The van der Waals surface area contributed by atoms with E-state index in [1.807, 2.05) is 6.26 Å². The highest BCUT2D eigenvalue weighted by Crippen LogP contribution is 2.17. The maximum atomic E-state index is 11.7. The first-order valence-electron chi connectivity index (χ1n) is 5.11. The number of nitrogens with one attached hydrogen (secondary N) is 1. The van der Waals surface area contributed by atoms with Gasteiger partial charge in [-0.1, -0.05) is 0 Å². The fourth-order valence-corrected chi connectivity index (χ4v) is 1.70. The predicted octanol–water partition coefficient (Wildman–Crippen LogP) is 1.10. The molecule has 92 valence electrons. The maximum absolute atomic E-state index is 11.7. The van der Waals surface area contributed by atoms with Crippen molar-refractivity contribution in [1.29, 1.82) is 0 Å². The minimum Gasteiger partial charge on any atom is -0.452 e. The van der Waals surface area contributed by atoms with E-state index in [9.17, 15) is 9.59 Å². The molecule has 0 aliphatic heterocycles. The Morgan fingerprint density at radius 2 is 2.29 bits per heavy atom. The summed E-state index contributed by atoms with van der Waals surface area (Å²) in [6.07, 6.45) is 3.43. The van der Waals surface area contributed by atoms with Crippen molar-refractivity contribution in [2.24, 2.45) is 0 Å². The van der Waals surface area contributed by atoms with Gasteiger partial charge in [0.25, 0.3) is 5.91 Å². The second kappa shape index (κ2) is 6.90. The molecule has 1 N–H and O–H groups in total. The lowest BCUT2D eigenvalue weighted by atomic mass is 10.3. The summed E-state index contributed by atoms with van der Waals surface area (Å²) < 4.78 is 4.88. The SMILES string of the molecule is CCNC(=O)COC(=O)c1cccnc1SC. The summed E-state index contributed by atoms with van der Waals surface area (Å²) in [5, 5.41) is 3.14. The van der Waals surface area contributed by atoms with E-state index in [-0.39, 0.29) is 12.5 Å². The van der Waals surface area contributed by atoms with Crippen LogP contribution in [-0.2, 0) is 9.53 Å². The highest BCUT2D eigenvalue weighted by atomic mass is 32.2. The smallest absolute Gasteiger partial charge is 0.341 e. The summed E-state index contributed by atoms with van der Waals surface area (Å²) in [5.41, 5.74) is 0.379. The topological polar surface area (TPSA) is 68.3 Å². The Bertz CT molecular complexity index is 409. The number of thioether (sulfide) groups is 1. The summed E-state index contributed by atoms with van der Waals surface area (Å²) in [4.78, 5) is 26.8. The van der Waals surface area contributed by atoms with Crippen LogP contribution in [0.25, 0.3) is 0 Å². The van der Waals surface area contributed by atoms with E-state index in [1.165, 1.54) is 11.8 Å². The van der Waals surface area contributed by atoms with Crippen molar-refractivity contribution in [1.82, 2.24) is 10.3 Å². The second-order valence-corrected chi connectivity index (χ2v) is 3.88. The number of rotatable bonds is 5. The molecule has 6 heteroatoms. The third-order valence-corrected chi connectivity index (χ3v) is 2.60. The van der Waals surface area contributed by atoms with Gasteiger partial charge in [-0.2, -0.15) is 0 Å². The fraction of sp³-hybridized carbons (Fsp3) is 0.364. The van der Waals surface area contributed by atoms with Gasteiger partial charge in [0.05, 0.1) is 5.56 Å². The Labute approximate surface area is 104 Å². The van der Waals surface area contributed by atoms with E-state index >= 15 is 0 Å². The normalized spacial score (nSPS) is 9.76. The summed E-state index contributed by atoms with van der Waals surface area (Å²) >= 11 is 1.36. The molecular formula is C11H14N2O3S. The average molecular weight is 254 g/mol. The zero-order valence-electron chi connectivity index (χ0n) is 9.73. The van der Waals surface area contributed by atoms with Crippen LogP contribution in [0, 0.1) is 0 Å². The highest BCUT2D eigenvalue weighted by Gasteiger charge is 2.14. The number of pyridine rings is 1. The molecule has 0 saturated heterocycles. The monoisotopic (exact) mass is 254 g/mol. The van der Waals surface area contributed by atoms with Crippen LogP contribution < -0.4 is 5.32 Å². The third-order valence-electron chi connectivity index (χ3n) is 1.89. The van der Waals surface area contributed by atoms with Crippen molar-refractivity contribution in [2.75, 3.05) is 19.4 Å². The van der Waals surface area contributed by atoms with Gasteiger partial charge >= 0.3 is 5.97 Å². The maximum Gasteiger partial charge on any atom is 0.341 e. The quantitative estimate of drug-likeness (QED) is 0.629. The van der Waals surface area contributed by atoms with Gasteiger partial charge in [-0.3, -0.25) is 4.79 Å². The van der Waals surface area contributed by atoms with Gasteiger partial charge in [-0.15, -0.1) is 11.8 Å². The van der Waals surface area contributed by atoms with Crippen molar-refractivity contribution >= 4 is 23.6 Å². The first-order chi connectivity index (χ1) is 8.19. The van der Waals surface area contributed by atoms with Crippen molar-refractivity contribution in [2.45, 2.75) is 11.9 Å². The highest BCUT2D eigenvalue weighted by molar-refractivity contribution is 7.98. The molecule has 0 aliphatic rings. The van der Waals surface area contributed by atoms with Gasteiger partial charge in [0.2, 0.25) is 0 Å². The molecule has 0 spiro atoms. The van der Waals surface area contributed by atoms with Gasteiger partial charge in [0, 0.05) is 12.7 Å². The van der Waals surface area contributed by atoms with E-state index < -0.39 is 5.97 Å². The van der Waals surface area contributed by atoms with Crippen LogP contribution in [0.15, 0.2) is 23.4 Å². The van der Waals surface area contributed by atoms with E-state index in [4.69, 9.17) is 4.74 Å². The van der Waals surface area contributed by atoms with Gasteiger partial charge in [0.15, 0.2) is 6.61 Å². The number of hydrogen-bond donors (Lipinski definition) is 1. The number of esters is 1. The molecule has 0 atom stereocenters. The summed E-state index contributed by atoms with van der Waals surface area (Å²) in [5.74, 6) is -0.843. The molecular weight excluding hydrogens is 240 g/mol. The molecule has 1 amide bonds. The van der Waals surface area contributed by atoms with Gasteiger partial charge in [-0.25, -0.2) is 9.78 Å². The van der Waals surface area contributed by atoms with Crippen molar-refractivity contribution in [3.63, 3.8) is 0 Å². The number of ether oxygens (including phenoxy) is 1. The van der Waals surface area contributed by atoms with Gasteiger partial charge in [0.1, 0.15) is 5.03 Å². The molecule has 0 aliphatic carbocycles. The Morgan fingerprint density at radius 3 is 2.94 bits per heavy atom. The summed E-state index contributed by atoms with van der Waals surface area (Å²) in [6.45, 7) is 2.04. The second-order valence-electron chi connectivity index (χ2n) is 3.09. The lowest BCUT2D eigenvalue weighted by Gasteiger charge is -2.06. The number of likely N-dealkylation sites (N-methyl/N-ethyl adjacent to an activating group) is 1. The Balaban J connectivity index is 2.61. The molecule has 1 aromatic heterocycles. The van der Waals surface area contributed by atoms with Crippen molar-refractivity contribution in [3.8, 4) is 0 Å². The van der Waals surface area contributed by atoms with Crippen LogP contribution in [0.4, 0.5) is 0 Å². The van der Waals surface area contributed by atoms with Gasteiger partial charge in [-0.05, 0) is 25.3 Å². The number of hydrogen-bond acceptors (Lipinski definition) is 5. The van der Waals surface area contributed by atoms with Gasteiger partial charge < -0.3 is 10.1 Å². The predicted molar refractivity (Wildman–Crippen MR) is 65.0 cm³/mol. The molecule has 0 bridgehead atoms. The summed E-state index contributed by atoms with van der Waals surface area (Å²) in [6, 6.07) is 3.28. The van der Waals surface area contributed by atoms with Crippen LogP contribution >= 0.6 is 11.8 Å². The molecule has 1 rings (SSSR count). The minimum atomic E-state index is -0.534. The van der Waals surface area contributed by atoms with Crippen LogP contribution in [-0.4, -0.2) is 36.3 Å². The van der Waals surface area contributed by atoms with Crippen LogP contribution in [0.5, 0.6) is 0 Å². The fourth-order valence-electron chi connectivity index (χ4n) is 1.17. The van der Waals surface area contributed by atoms with E-state index in [2.05, 4.69) is 10.3 Å². The average Bonchev–Trinajstić information content (AvgIpc) is 2.36. The molecule has 17 heavy (non-hydrogen) atoms. The molecule has 5 nitrogen and oxygen atoms in total. The van der Waals surface area contributed by atoms with E-state index in [1.54, 1.807) is 25.3 Å². The molecule has 1 heterocycles. The van der Waals surface area contributed by atoms with Crippen LogP contribution in [0.3, 0.4) is 0 Å². The molecule has 0 unspecified atom stereocenters. The van der Waals surface area contributed by atoms with Crippen LogP contribution in [0.2, 0.25) is 0 Å². The molecule has 1 aromatic rings. The first kappa shape index (κ1) is 13.5. The third kappa shape index (κ3) is 4.07. The standard InChI is InChI=1S/C11H14N2O3S/c1-3-12-9(14)7-16-11(15)8-5-4-6-13-10(8)17-2/h4-6H,3,7H2,1-2H3,(H,12,14). The molecule has 0 radical (unpaired) electrons. The zero-order valence-corrected chi connectivity index (χ0v) is 10.5. The van der Waals surface area contributed by atoms with E-state index in [0.29, 0.717) is 17.1 Å². The number of nitrogens with zero attached hydrogens (tertiary/aromatic N) is 1. The van der Waals surface area contributed by atoms with Crippen LogP contribution in [0.1, 0.15) is 17.3 Å². The Kier molecular flexibility index (Phi) is 5.48. The zero-order chi connectivity index (χ0) is 12.7. The first-order valence-corrected chi connectivity index (χ1v) is 6.34. The largest absolute Gasteiger partial charge is 0.452 e. The molecule has 0 saturated carbocycles. The number of carbonyl (C=O) groups is 2. The van der Waals surface area contributed by atoms with Crippen molar-refractivity contribution < 1.29 is 14.3 Å². The number of carbonyl (C=O) groups excluding carboxylic acids is 2. The number of aromatic nitrogens is 1. The summed E-state index contributed by atoms with van der Waals surface area (Å²) in [7, 11) is 0. The van der Waals surface area contributed by atoms with Crippen molar-refractivity contribution in [3.05, 3.63) is 23.9 Å². The Morgan fingerprint density at radius 1 is 1.53 bits per heavy atom. The lowest BCUT2D eigenvalue weighted by molar-refractivity contribution is -0.124. The minimum absolute atomic E-state index is 0.268. The lowest BCUT2D eigenvalue weighted by Crippen LogP contribution is -2.28. The van der Waals surface area contributed by atoms with E-state index in [0.717, 1.165) is 0 Å². The molecule has 0 aromatic carbocycles. The Hall–Kier alpha value is -1.56.